The normalized spacial score (nSPS) is 16.4. The fourth-order valence-corrected chi connectivity index (χ4v) is 4.34. The summed E-state index contributed by atoms with van der Waals surface area (Å²) < 4.78 is 22.3. The van der Waals surface area contributed by atoms with Crippen LogP contribution in [0.3, 0.4) is 0 Å². The van der Waals surface area contributed by atoms with Gasteiger partial charge in [0.05, 0.1) is 11.2 Å². The maximum atomic E-state index is 13.1. The maximum absolute atomic E-state index is 13.1. The van der Waals surface area contributed by atoms with Gasteiger partial charge in [-0.2, -0.15) is 0 Å². The van der Waals surface area contributed by atoms with Crippen molar-refractivity contribution in [3.63, 3.8) is 0 Å². The minimum Gasteiger partial charge on any atom is -0.325 e. The molecule has 3 rings (SSSR count). The molecule has 0 unspecified atom stereocenters. The van der Waals surface area contributed by atoms with Crippen LogP contribution in [0, 0.1) is 0 Å². The number of hydrogen-bond donors (Lipinski definition) is 2. The van der Waals surface area contributed by atoms with E-state index in [1.807, 2.05) is 24.3 Å². The fourth-order valence-electron chi connectivity index (χ4n) is 3.56. The number of primary sulfonamides is 1. The molecule has 0 heterocycles. The zero-order valence-corrected chi connectivity index (χ0v) is 15.8. The summed E-state index contributed by atoms with van der Waals surface area (Å²) in [7, 11) is -3.57. The van der Waals surface area contributed by atoms with Gasteiger partial charge in [-0.05, 0) is 48.2 Å². The molecule has 2 aromatic carbocycles. The first kappa shape index (κ1) is 18.9. The smallest absolute Gasteiger partial charge is 0.235 e. The minimum absolute atomic E-state index is 0.0449. The highest BCUT2D eigenvalue weighted by Crippen LogP contribution is 2.42. The number of sulfonamides is 1. The number of halogens is 1. The predicted molar refractivity (Wildman–Crippen MR) is 103 cm³/mol. The van der Waals surface area contributed by atoms with Crippen LogP contribution in [0.5, 0.6) is 0 Å². The molecule has 0 radical (unpaired) electrons. The van der Waals surface area contributed by atoms with E-state index in [0.29, 0.717) is 16.3 Å². The van der Waals surface area contributed by atoms with Crippen LogP contribution in [0.15, 0.2) is 48.5 Å². The molecule has 0 aliphatic heterocycles. The van der Waals surface area contributed by atoms with E-state index in [9.17, 15) is 13.2 Å². The molecule has 7 heteroatoms. The van der Waals surface area contributed by atoms with Crippen molar-refractivity contribution in [1.82, 2.24) is 0 Å². The van der Waals surface area contributed by atoms with E-state index in [-0.39, 0.29) is 11.7 Å². The quantitative estimate of drug-likeness (QED) is 0.814. The summed E-state index contributed by atoms with van der Waals surface area (Å²) in [5, 5.41) is 8.68. The molecule has 1 saturated carbocycles. The molecule has 1 fully saturated rings. The highest BCUT2D eigenvalue weighted by atomic mass is 35.5. The lowest BCUT2D eigenvalue weighted by Crippen LogP contribution is -2.37. The van der Waals surface area contributed by atoms with Crippen LogP contribution in [0.2, 0.25) is 5.02 Å². The summed E-state index contributed by atoms with van der Waals surface area (Å²) in [5.41, 5.74) is 1.64. The Labute approximate surface area is 158 Å². The van der Waals surface area contributed by atoms with Gasteiger partial charge in [-0.25, -0.2) is 13.6 Å². The van der Waals surface area contributed by atoms with Crippen LogP contribution >= 0.6 is 11.6 Å². The van der Waals surface area contributed by atoms with Gasteiger partial charge in [0.25, 0.3) is 0 Å². The number of carbonyl (C=O) groups is 1. The van der Waals surface area contributed by atoms with Crippen LogP contribution in [0.4, 0.5) is 5.69 Å². The number of anilines is 1. The van der Waals surface area contributed by atoms with E-state index in [1.54, 1.807) is 24.3 Å². The Hall–Kier alpha value is -1.89. The number of benzene rings is 2. The van der Waals surface area contributed by atoms with Gasteiger partial charge in [0.2, 0.25) is 15.9 Å². The zero-order valence-electron chi connectivity index (χ0n) is 14.2. The second-order valence-electron chi connectivity index (χ2n) is 6.75. The summed E-state index contributed by atoms with van der Waals surface area (Å²) >= 11 is 5.98. The Morgan fingerprint density at radius 2 is 1.62 bits per heavy atom. The first-order chi connectivity index (χ1) is 12.3. The Morgan fingerprint density at radius 3 is 2.15 bits per heavy atom. The van der Waals surface area contributed by atoms with E-state index in [0.717, 1.165) is 31.2 Å². The number of rotatable bonds is 5. The van der Waals surface area contributed by atoms with Gasteiger partial charge in [-0.15, -0.1) is 0 Å². The molecule has 1 aliphatic rings. The molecular weight excluding hydrogens is 372 g/mol. The molecule has 2 aromatic rings. The number of nitrogens with one attached hydrogen (secondary N) is 1. The number of carbonyl (C=O) groups excluding carboxylic acids is 1. The van der Waals surface area contributed by atoms with Gasteiger partial charge in [0.15, 0.2) is 0 Å². The third-order valence-corrected chi connectivity index (χ3v) is 5.86. The molecule has 0 aromatic heterocycles. The van der Waals surface area contributed by atoms with E-state index < -0.39 is 15.4 Å². The molecule has 138 valence electrons. The molecule has 1 aliphatic carbocycles. The van der Waals surface area contributed by atoms with Crippen molar-refractivity contribution in [2.75, 3.05) is 5.32 Å². The first-order valence-electron chi connectivity index (χ1n) is 8.45. The van der Waals surface area contributed by atoms with Crippen LogP contribution in [0.1, 0.15) is 36.8 Å². The van der Waals surface area contributed by atoms with Gasteiger partial charge in [0, 0.05) is 10.7 Å². The summed E-state index contributed by atoms with van der Waals surface area (Å²) in [6, 6.07) is 14.2. The Kier molecular flexibility index (Phi) is 5.37. The number of amides is 1. The van der Waals surface area contributed by atoms with Crippen LogP contribution in [-0.4, -0.2) is 14.3 Å². The largest absolute Gasteiger partial charge is 0.325 e. The lowest BCUT2D eigenvalue weighted by Gasteiger charge is -2.28. The third kappa shape index (κ3) is 4.26. The Morgan fingerprint density at radius 1 is 1.04 bits per heavy atom. The van der Waals surface area contributed by atoms with E-state index in [4.69, 9.17) is 16.7 Å². The van der Waals surface area contributed by atoms with Gasteiger partial charge < -0.3 is 5.32 Å². The van der Waals surface area contributed by atoms with Crippen LogP contribution in [0.25, 0.3) is 0 Å². The van der Waals surface area contributed by atoms with E-state index >= 15 is 0 Å². The first-order valence-corrected chi connectivity index (χ1v) is 10.5. The van der Waals surface area contributed by atoms with Crippen molar-refractivity contribution in [2.24, 2.45) is 5.14 Å². The fraction of sp³-hybridized carbons (Fsp3) is 0.316. The van der Waals surface area contributed by atoms with Gasteiger partial charge in [-0.3, -0.25) is 4.79 Å². The standard InChI is InChI=1S/C19H21ClN2O3S/c20-16-7-5-15(6-8-16)19(11-1-2-12-19)18(23)22-17-9-3-14(4-10-17)13-26(21,24)25/h3-10H,1-2,11-13H2,(H,22,23)(H2,21,24,25). The molecule has 0 spiro atoms. The molecule has 0 bridgehead atoms. The van der Waals surface area contributed by atoms with Crippen molar-refractivity contribution in [1.29, 1.82) is 0 Å². The molecule has 5 nitrogen and oxygen atoms in total. The lowest BCUT2D eigenvalue weighted by atomic mass is 9.78. The number of nitrogens with two attached hydrogens (primary N) is 1. The second kappa shape index (κ2) is 7.39. The van der Waals surface area contributed by atoms with Crippen LogP contribution < -0.4 is 10.5 Å². The number of hydrogen-bond acceptors (Lipinski definition) is 3. The maximum Gasteiger partial charge on any atom is 0.235 e. The summed E-state index contributed by atoms with van der Waals surface area (Å²) in [5.74, 6) is -0.271. The summed E-state index contributed by atoms with van der Waals surface area (Å²) in [6.45, 7) is 0. The highest BCUT2D eigenvalue weighted by molar-refractivity contribution is 7.88. The van der Waals surface area contributed by atoms with Crippen molar-refractivity contribution in [3.05, 3.63) is 64.7 Å². The van der Waals surface area contributed by atoms with Crippen molar-refractivity contribution >= 4 is 33.2 Å². The summed E-state index contributed by atoms with van der Waals surface area (Å²) in [6.07, 6.45) is 3.60. The Balaban J connectivity index is 1.79. The SMILES string of the molecule is NS(=O)(=O)Cc1ccc(NC(=O)C2(c3ccc(Cl)cc3)CCCC2)cc1. The highest BCUT2D eigenvalue weighted by Gasteiger charge is 2.42. The van der Waals surface area contributed by atoms with E-state index in [1.165, 1.54) is 0 Å². The summed E-state index contributed by atoms with van der Waals surface area (Å²) in [4.78, 5) is 13.1. The monoisotopic (exact) mass is 392 g/mol. The van der Waals surface area contributed by atoms with Crippen molar-refractivity contribution in [3.8, 4) is 0 Å². The molecule has 1 amide bonds. The molecule has 0 saturated heterocycles. The average Bonchev–Trinajstić information content (AvgIpc) is 3.07. The molecular formula is C19H21ClN2O3S. The van der Waals surface area contributed by atoms with Gasteiger partial charge >= 0.3 is 0 Å². The topological polar surface area (TPSA) is 89.3 Å². The Bertz CT molecular complexity index is 887. The minimum atomic E-state index is -3.57. The van der Waals surface area contributed by atoms with Gasteiger partial charge in [-0.1, -0.05) is 48.7 Å². The van der Waals surface area contributed by atoms with Crippen LogP contribution in [-0.2, 0) is 26.0 Å². The predicted octanol–water partition coefficient (Wildman–Crippen LogP) is 3.58. The van der Waals surface area contributed by atoms with Crippen molar-refractivity contribution < 1.29 is 13.2 Å². The van der Waals surface area contributed by atoms with Gasteiger partial charge in [0.1, 0.15) is 0 Å². The third-order valence-electron chi connectivity index (χ3n) is 4.87. The van der Waals surface area contributed by atoms with E-state index in [2.05, 4.69) is 5.32 Å². The second-order valence-corrected chi connectivity index (χ2v) is 8.81. The average molecular weight is 393 g/mol. The zero-order chi connectivity index (χ0) is 18.8. The molecule has 3 N–H and O–H groups in total. The molecule has 26 heavy (non-hydrogen) atoms. The molecule has 0 atom stereocenters. The lowest BCUT2D eigenvalue weighted by molar-refractivity contribution is -0.121. The van der Waals surface area contributed by atoms with Crippen molar-refractivity contribution in [2.45, 2.75) is 36.9 Å².